The zero-order valence-corrected chi connectivity index (χ0v) is 17.6. The number of likely N-dealkylation sites (N-methyl/N-ethyl adjacent to an activating group) is 1. The Hall–Kier alpha value is -3.25. The molecule has 0 saturated heterocycles. The van der Waals surface area contributed by atoms with E-state index >= 15 is 0 Å². The number of benzene rings is 2. The van der Waals surface area contributed by atoms with Crippen molar-refractivity contribution < 1.29 is 19.1 Å². The van der Waals surface area contributed by atoms with Crippen LogP contribution in [-0.2, 0) is 27.4 Å². The first-order valence-electron chi connectivity index (χ1n) is 9.91. The standard InChI is InChI=1S/C24H26N2O4/c1-4-26(14-18-10-6-5-7-11-18)22(27)16-30-24(28)23-17(2)19-12-8-9-13-20(19)25-21(23)15-29-3/h5-13H,4,14-16H2,1-3H3. The first-order chi connectivity index (χ1) is 14.5. The van der Waals surface area contributed by atoms with E-state index in [0.29, 0.717) is 24.3 Å². The van der Waals surface area contributed by atoms with Gasteiger partial charge in [0.05, 0.1) is 23.4 Å². The highest BCUT2D eigenvalue weighted by molar-refractivity contribution is 5.99. The number of nitrogens with zero attached hydrogens (tertiary/aromatic N) is 2. The predicted octanol–water partition coefficient (Wildman–Crippen LogP) is 3.90. The first-order valence-corrected chi connectivity index (χ1v) is 9.91. The number of carbonyl (C=O) groups is 2. The van der Waals surface area contributed by atoms with Gasteiger partial charge in [-0.3, -0.25) is 4.79 Å². The van der Waals surface area contributed by atoms with E-state index in [0.717, 1.165) is 22.0 Å². The van der Waals surface area contributed by atoms with Gasteiger partial charge in [0.2, 0.25) is 0 Å². The van der Waals surface area contributed by atoms with Crippen LogP contribution in [0.4, 0.5) is 0 Å². The Bertz CT molecular complexity index is 1030. The fourth-order valence-electron chi connectivity index (χ4n) is 3.42. The van der Waals surface area contributed by atoms with Crippen LogP contribution in [0.15, 0.2) is 54.6 Å². The minimum Gasteiger partial charge on any atom is -0.452 e. The number of hydrogen-bond acceptors (Lipinski definition) is 5. The summed E-state index contributed by atoms with van der Waals surface area (Å²) in [7, 11) is 1.55. The highest BCUT2D eigenvalue weighted by Crippen LogP contribution is 2.24. The Labute approximate surface area is 176 Å². The molecular formula is C24H26N2O4. The SMILES string of the molecule is CCN(Cc1ccccc1)C(=O)COC(=O)c1c(COC)nc2ccccc2c1C. The molecule has 1 amide bonds. The maximum absolute atomic E-state index is 12.9. The highest BCUT2D eigenvalue weighted by Gasteiger charge is 2.22. The van der Waals surface area contributed by atoms with Crippen LogP contribution in [0.2, 0.25) is 0 Å². The lowest BCUT2D eigenvalue weighted by atomic mass is 10.0. The molecule has 0 radical (unpaired) electrons. The van der Waals surface area contributed by atoms with Crippen LogP contribution in [0.1, 0.15) is 34.1 Å². The van der Waals surface area contributed by atoms with E-state index in [-0.39, 0.29) is 19.1 Å². The van der Waals surface area contributed by atoms with Gasteiger partial charge in [0, 0.05) is 25.6 Å². The summed E-state index contributed by atoms with van der Waals surface area (Å²) in [6.45, 7) is 4.61. The van der Waals surface area contributed by atoms with Gasteiger partial charge in [-0.1, -0.05) is 48.5 Å². The van der Waals surface area contributed by atoms with Crippen LogP contribution in [0.25, 0.3) is 10.9 Å². The largest absolute Gasteiger partial charge is 0.452 e. The number of esters is 1. The molecule has 0 aliphatic heterocycles. The number of aromatic nitrogens is 1. The Morgan fingerprint density at radius 1 is 1.03 bits per heavy atom. The molecule has 0 unspecified atom stereocenters. The zero-order chi connectivity index (χ0) is 21.5. The van der Waals surface area contributed by atoms with E-state index in [1.807, 2.05) is 68.4 Å². The fraction of sp³-hybridized carbons (Fsp3) is 0.292. The molecule has 0 bridgehead atoms. The van der Waals surface area contributed by atoms with Crippen molar-refractivity contribution >= 4 is 22.8 Å². The number of para-hydroxylation sites is 1. The molecule has 156 valence electrons. The van der Waals surface area contributed by atoms with Crippen molar-refractivity contribution in [3.8, 4) is 0 Å². The Morgan fingerprint density at radius 2 is 1.73 bits per heavy atom. The molecule has 0 spiro atoms. The van der Waals surface area contributed by atoms with E-state index < -0.39 is 5.97 Å². The van der Waals surface area contributed by atoms with Gasteiger partial charge in [-0.15, -0.1) is 0 Å². The fourth-order valence-corrected chi connectivity index (χ4v) is 3.42. The van der Waals surface area contributed by atoms with Gasteiger partial charge in [0.1, 0.15) is 0 Å². The number of methoxy groups -OCH3 is 1. The summed E-state index contributed by atoms with van der Waals surface area (Å²) in [4.78, 5) is 31.7. The van der Waals surface area contributed by atoms with Crippen molar-refractivity contribution in [2.45, 2.75) is 27.0 Å². The minimum absolute atomic E-state index is 0.180. The number of amides is 1. The van der Waals surface area contributed by atoms with Gasteiger partial charge in [0.15, 0.2) is 6.61 Å². The van der Waals surface area contributed by atoms with Gasteiger partial charge in [-0.05, 0) is 31.0 Å². The molecule has 6 heteroatoms. The van der Waals surface area contributed by atoms with Crippen LogP contribution in [0.5, 0.6) is 0 Å². The van der Waals surface area contributed by atoms with Crippen molar-refractivity contribution in [2.24, 2.45) is 0 Å². The summed E-state index contributed by atoms with van der Waals surface area (Å²) < 4.78 is 10.6. The van der Waals surface area contributed by atoms with Crippen molar-refractivity contribution in [3.05, 3.63) is 77.0 Å². The number of rotatable bonds is 8. The van der Waals surface area contributed by atoms with Crippen LogP contribution in [-0.4, -0.2) is 42.0 Å². The van der Waals surface area contributed by atoms with Crippen molar-refractivity contribution in [1.82, 2.24) is 9.88 Å². The van der Waals surface area contributed by atoms with E-state index in [1.165, 1.54) is 0 Å². The molecule has 1 heterocycles. The summed E-state index contributed by atoms with van der Waals surface area (Å²) in [5.41, 5.74) is 3.43. The van der Waals surface area contributed by atoms with Crippen LogP contribution >= 0.6 is 0 Å². The lowest BCUT2D eigenvalue weighted by Gasteiger charge is -2.21. The Morgan fingerprint density at radius 3 is 2.43 bits per heavy atom. The molecule has 30 heavy (non-hydrogen) atoms. The van der Waals surface area contributed by atoms with Gasteiger partial charge in [-0.2, -0.15) is 0 Å². The maximum atomic E-state index is 12.9. The highest BCUT2D eigenvalue weighted by atomic mass is 16.5. The number of hydrogen-bond donors (Lipinski definition) is 0. The van der Waals surface area contributed by atoms with Gasteiger partial charge < -0.3 is 14.4 Å². The summed E-state index contributed by atoms with van der Waals surface area (Å²) in [6.07, 6.45) is 0. The van der Waals surface area contributed by atoms with Crippen molar-refractivity contribution in [2.75, 3.05) is 20.3 Å². The molecule has 2 aromatic carbocycles. The number of carbonyl (C=O) groups excluding carboxylic acids is 2. The van der Waals surface area contributed by atoms with Crippen LogP contribution in [0.3, 0.4) is 0 Å². The quantitative estimate of drug-likeness (QED) is 0.531. The molecule has 1 aromatic heterocycles. The van der Waals surface area contributed by atoms with E-state index in [4.69, 9.17) is 9.47 Å². The van der Waals surface area contributed by atoms with Crippen molar-refractivity contribution in [1.29, 1.82) is 0 Å². The third-order valence-corrected chi connectivity index (χ3v) is 4.99. The molecule has 0 aliphatic rings. The molecule has 0 aliphatic carbocycles. The maximum Gasteiger partial charge on any atom is 0.340 e. The van der Waals surface area contributed by atoms with Crippen LogP contribution in [0, 0.1) is 6.92 Å². The molecule has 0 atom stereocenters. The lowest BCUT2D eigenvalue weighted by Crippen LogP contribution is -2.34. The van der Waals surface area contributed by atoms with Gasteiger partial charge in [0.25, 0.3) is 5.91 Å². The molecular weight excluding hydrogens is 380 g/mol. The monoisotopic (exact) mass is 406 g/mol. The average Bonchev–Trinajstić information content (AvgIpc) is 2.77. The number of ether oxygens (including phenoxy) is 2. The number of fused-ring (bicyclic) bond motifs is 1. The van der Waals surface area contributed by atoms with Gasteiger partial charge in [-0.25, -0.2) is 9.78 Å². The predicted molar refractivity (Wildman–Crippen MR) is 115 cm³/mol. The first kappa shape index (κ1) is 21.5. The minimum atomic E-state index is -0.568. The lowest BCUT2D eigenvalue weighted by molar-refractivity contribution is -0.134. The normalized spacial score (nSPS) is 10.8. The van der Waals surface area contributed by atoms with Crippen LogP contribution < -0.4 is 0 Å². The molecule has 0 saturated carbocycles. The third-order valence-electron chi connectivity index (χ3n) is 4.99. The molecule has 3 rings (SSSR count). The summed E-state index contributed by atoms with van der Waals surface area (Å²) in [5, 5.41) is 0.870. The smallest absolute Gasteiger partial charge is 0.340 e. The van der Waals surface area contributed by atoms with E-state index in [9.17, 15) is 9.59 Å². The second-order valence-electron chi connectivity index (χ2n) is 6.98. The summed E-state index contributed by atoms with van der Waals surface area (Å²) in [5.74, 6) is -0.809. The van der Waals surface area contributed by atoms with E-state index in [2.05, 4.69) is 4.98 Å². The number of pyridine rings is 1. The molecule has 0 fully saturated rings. The van der Waals surface area contributed by atoms with Crippen molar-refractivity contribution in [3.63, 3.8) is 0 Å². The molecule has 3 aromatic rings. The third kappa shape index (κ3) is 4.83. The topological polar surface area (TPSA) is 68.7 Å². The second-order valence-corrected chi connectivity index (χ2v) is 6.98. The molecule has 0 N–H and O–H groups in total. The Kier molecular flexibility index (Phi) is 7.14. The van der Waals surface area contributed by atoms with Gasteiger partial charge >= 0.3 is 5.97 Å². The van der Waals surface area contributed by atoms with E-state index in [1.54, 1.807) is 12.0 Å². The number of aryl methyl sites for hydroxylation is 1. The Balaban J connectivity index is 1.76. The second kappa shape index (κ2) is 9.98. The molecule has 6 nitrogen and oxygen atoms in total. The summed E-state index contributed by atoms with van der Waals surface area (Å²) in [6, 6.07) is 17.3. The zero-order valence-electron chi connectivity index (χ0n) is 17.6. The summed E-state index contributed by atoms with van der Waals surface area (Å²) >= 11 is 0. The average molecular weight is 406 g/mol.